The molecule has 5 rings (SSSR count). The number of aliphatic hydroxyl groups is 2. The standard InChI is InChI=1S/C29H48O2/c1-19(7-6-14-26(2,3)31)21-9-10-22-20-8-11-24-28(5,23(20)12-15-27(21,22)4)16-13-25(30)29(24)17-18-29/h11,19-23,25,30-31H,6-10,12-18H2,1-5H3/t19-,20+,21-,22+,23+,25-,27-,28-/m1/s1. The van der Waals surface area contributed by atoms with Gasteiger partial charge in [-0.15, -0.1) is 0 Å². The molecule has 5 aliphatic carbocycles. The van der Waals surface area contributed by atoms with Crippen molar-refractivity contribution in [1.29, 1.82) is 0 Å². The second kappa shape index (κ2) is 7.33. The lowest BCUT2D eigenvalue weighted by Gasteiger charge is -2.60. The molecule has 1 spiro atoms. The molecule has 2 N–H and O–H groups in total. The minimum absolute atomic E-state index is 0.0714. The van der Waals surface area contributed by atoms with Crippen LogP contribution >= 0.6 is 0 Å². The average molecular weight is 429 g/mol. The maximum atomic E-state index is 10.8. The Morgan fingerprint density at radius 3 is 2.45 bits per heavy atom. The fraction of sp³-hybridized carbons (Fsp3) is 0.931. The largest absolute Gasteiger partial charge is 0.392 e. The Kier molecular flexibility index (Phi) is 5.31. The molecule has 8 atom stereocenters. The third-order valence-corrected chi connectivity index (χ3v) is 11.6. The monoisotopic (exact) mass is 428 g/mol. The summed E-state index contributed by atoms with van der Waals surface area (Å²) < 4.78 is 0. The van der Waals surface area contributed by atoms with E-state index in [0.29, 0.717) is 10.8 Å². The molecule has 0 aromatic carbocycles. The van der Waals surface area contributed by atoms with E-state index in [9.17, 15) is 10.2 Å². The van der Waals surface area contributed by atoms with E-state index in [-0.39, 0.29) is 11.5 Å². The van der Waals surface area contributed by atoms with Crippen LogP contribution < -0.4 is 0 Å². The molecule has 4 fully saturated rings. The van der Waals surface area contributed by atoms with Crippen molar-refractivity contribution in [3.63, 3.8) is 0 Å². The van der Waals surface area contributed by atoms with Gasteiger partial charge in [-0.25, -0.2) is 0 Å². The van der Waals surface area contributed by atoms with Gasteiger partial charge in [0.2, 0.25) is 0 Å². The van der Waals surface area contributed by atoms with E-state index in [2.05, 4.69) is 26.8 Å². The molecule has 0 heterocycles. The first-order valence-corrected chi connectivity index (χ1v) is 13.6. The summed E-state index contributed by atoms with van der Waals surface area (Å²) in [5.74, 6) is 4.25. The number of fused-ring (bicyclic) bond motifs is 6. The lowest BCUT2D eigenvalue weighted by Crippen LogP contribution is -2.53. The quantitative estimate of drug-likeness (QED) is 0.468. The lowest BCUT2D eigenvalue weighted by atomic mass is 9.45. The van der Waals surface area contributed by atoms with Crippen molar-refractivity contribution in [2.75, 3.05) is 0 Å². The lowest BCUT2D eigenvalue weighted by molar-refractivity contribution is -0.0692. The van der Waals surface area contributed by atoms with E-state index < -0.39 is 5.60 Å². The Balaban J connectivity index is 1.33. The van der Waals surface area contributed by atoms with Crippen molar-refractivity contribution < 1.29 is 10.2 Å². The SMILES string of the molecule is C[C@H](CCCC(C)(C)O)[C@H]1CC[C@H]2[C@@H]3CC=C4C5(CC5)[C@H](O)CC[C@]4(C)[C@H]3CC[C@]12C. The smallest absolute Gasteiger partial charge is 0.0634 e. The summed E-state index contributed by atoms with van der Waals surface area (Å²) in [6.07, 6.45) is 17.6. The van der Waals surface area contributed by atoms with Crippen LogP contribution in [0.4, 0.5) is 0 Å². The molecule has 0 amide bonds. The van der Waals surface area contributed by atoms with Gasteiger partial charge >= 0.3 is 0 Å². The molecule has 0 aliphatic heterocycles. The van der Waals surface area contributed by atoms with Gasteiger partial charge < -0.3 is 10.2 Å². The van der Waals surface area contributed by atoms with Crippen LogP contribution in [0.25, 0.3) is 0 Å². The van der Waals surface area contributed by atoms with E-state index in [1.54, 1.807) is 5.57 Å². The first-order valence-electron chi connectivity index (χ1n) is 13.6. The van der Waals surface area contributed by atoms with E-state index in [1.807, 2.05) is 13.8 Å². The van der Waals surface area contributed by atoms with Crippen molar-refractivity contribution in [1.82, 2.24) is 0 Å². The molecule has 4 saturated carbocycles. The van der Waals surface area contributed by atoms with Crippen LogP contribution in [0.1, 0.15) is 112 Å². The van der Waals surface area contributed by atoms with Crippen molar-refractivity contribution in [2.24, 2.45) is 45.8 Å². The van der Waals surface area contributed by atoms with Gasteiger partial charge in [0, 0.05) is 5.41 Å². The zero-order chi connectivity index (χ0) is 22.2. The Labute approximate surface area is 191 Å². The van der Waals surface area contributed by atoms with Crippen LogP contribution in [0.15, 0.2) is 11.6 Å². The Hall–Kier alpha value is -0.340. The van der Waals surface area contributed by atoms with Gasteiger partial charge in [0.15, 0.2) is 0 Å². The first-order chi connectivity index (χ1) is 14.5. The normalized spacial score (nSPS) is 46.7. The first kappa shape index (κ1) is 22.5. The minimum atomic E-state index is -0.520. The van der Waals surface area contributed by atoms with Crippen molar-refractivity contribution in [2.45, 2.75) is 123 Å². The fourth-order valence-electron chi connectivity index (χ4n) is 9.85. The molecule has 176 valence electrons. The summed E-state index contributed by atoms with van der Waals surface area (Å²) >= 11 is 0. The van der Waals surface area contributed by atoms with Gasteiger partial charge in [0.05, 0.1) is 11.7 Å². The number of rotatable bonds is 5. The van der Waals surface area contributed by atoms with Crippen LogP contribution in [0.3, 0.4) is 0 Å². The number of aliphatic hydroxyl groups excluding tert-OH is 1. The summed E-state index contributed by atoms with van der Waals surface area (Å²) in [6.45, 7) is 11.7. The molecule has 2 heteroatoms. The van der Waals surface area contributed by atoms with E-state index in [0.717, 1.165) is 48.9 Å². The Morgan fingerprint density at radius 2 is 1.77 bits per heavy atom. The molecular weight excluding hydrogens is 380 g/mol. The topological polar surface area (TPSA) is 40.5 Å². The van der Waals surface area contributed by atoms with Crippen LogP contribution in [-0.2, 0) is 0 Å². The highest BCUT2D eigenvalue weighted by molar-refractivity contribution is 5.36. The number of hydrogen-bond donors (Lipinski definition) is 2. The number of hydrogen-bond acceptors (Lipinski definition) is 2. The van der Waals surface area contributed by atoms with Crippen molar-refractivity contribution in [3.05, 3.63) is 11.6 Å². The van der Waals surface area contributed by atoms with Gasteiger partial charge in [-0.2, -0.15) is 0 Å². The van der Waals surface area contributed by atoms with Gasteiger partial charge in [0.1, 0.15) is 0 Å². The van der Waals surface area contributed by atoms with Crippen LogP contribution in [-0.4, -0.2) is 21.9 Å². The highest BCUT2D eigenvalue weighted by Gasteiger charge is 2.65. The summed E-state index contributed by atoms with van der Waals surface area (Å²) in [7, 11) is 0. The third kappa shape index (κ3) is 3.40. The molecule has 5 aliphatic rings. The summed E-state index contributed by atoms with van der Waals surface area (Å²) in [4.78, 5) is 0. The highest BCUT2D eigenvalue weighted by Crippen LogP contribution is 2.72. The molecule has 0 saturated heterocycles. The molecule has 0 unspecified atom stereocenters. The van der Waals surface area contributed by atoms with Gasteiger partial charge in [-0.1, -0.05) is 45.3 Å². The van der Waals surface area contributed by atoms with E-state index >= 15 is 0 Å². The van der Waals surface area contributed by atoms with E-state index in [1.165, 1.54) is 57.8 Å². The molecule has 0 aromatic rings. The summed E-state index contributed by atoms with van der Waals surface area (Å²) in [5.41, 5.74) is 2.23. The Morgan fingerprint density at radius 1 is 1.03 bits per heavy atom. The maximum Gasteiger partial charge on any atom is 0.0634 e. The molecular formula is C29H48O2. The van der Waals surface area contributed by atoms with Gasteiger partial charge in [-0.3, -0.25) is 0 Å². The number of allylic oxidation sites excluding steroid dienone is 1. The zero-order valence-corrected chi connectivity index (χ0v) is 20.9. The van der Waals surface area contributed by atoms with Gasteiger partial charge in [-0.05, 0) is 118 Å². The fourth-order valence-corrected chi connectivity index (χ4v) is 9.85. The molecule has 0 bridgehead atoms. The molecule has 0 radical (unpaired) electrons. The predicted octanol–water partition coefficient (Wildman–Crippen LogP) is 6.89. The highest BCUT2D eigenvalue weighted by atomic mass is 16.3. The molecule has 2 nitrogen and oxygen atoms in total. The average Bonchev–Trinajstić information content (AvgIpc) is 3.39. The third-order valence-electron chi connectivity index (χ3n) is 11.6. The molecule has 0 aromatic heterocycles. The van der Waals surface area contributed by atoms with E-state index in [4.69, 9.17) is 0 Å². The summed E-state index contributed by atoms with van der Waals surface area (Å²) in [5, 5.41) is 20.9. The zero-order valence-electron chi connectivity index (χ0n) is 20.9. The second-order valence-electron chi connectivity index (χ2n) is 13.8. The van der Waals surface area contributed by atoms with Crippen LogP contribution in [0.5, 0.6) is 0 Å². The second-order valence-corrected chi connectivity index (χ2v) is 13.8. The minimum Gasteiger partial charge on any atom is -0.392 e. The molecule has 31 heavy (non-hydrogen) atoms. The van der Waals surface area contributed by atoms with Crippen LogP contribution in [0.2, 0.25) is 0 Å². The van der Waals surface area contributed by atoms with Crippen molar-refractivity contribution in [3.8, 4) is 0 Å². The van der Waals surface area contributed by atoms with Gasteiger partial charge in [0.25, 0.3) is 0 Å². The summed E-state index contributed by atoms with van der Waals surface area (Å²) in [6, 6.07) is 0. The maximum absolute atomic E-state index is 10.8. The Bertz CT molecular complexity index is 728. The van der Waals surface area contributed by atoms with Crippen molar-refractivity contribution >= 4 is 0 Å². The van der Waals surface area contributed by atoms with Crippen LogP contribution in [0, 0.1) is 45.8 Å². The predicted molar refractivity (Wildman–Crippen MR) is 128 cm³/mol.